The number of halogens is 1. The standard InChI is InChI=1S/C28H24FN5O2S/c1-18-15-21(17-32-25(18)30-2)33-26(36)28(12-6-13-28)34(27(33)37)20-10-11-23(29)22(16-20)24(35)9-5-8-19-7-3-4-14-31-19/h3-4,7,10-11,14-17H,5-6,8-9,12-13H2,1H3. The number of ketones is 1. The van der Waals surface area contributed by atoms with Gasteiger partial charge in [0.15, 0.2) is 10.9 Å². The second kappa shape index (κ2) is 9.79. The highest BCUT2D eigenvalue weighted by atomic mass is 32.1. The Morgan fingerprint density at radius 3 is 2.65 bits per heavy atom. The number of aryl methyl sites for hydroxylation is 2. The van der Waals surface area contributed by atoms with Gasteiger partial charge >= 0.3 is 0 Å². The Morgan fingerprint density at radius 2 is 2.00 bits per heavy atom. The Morgan fingerprint density at radius 1 is 1.19 bits per heavy atom. The number of benzene rings is 1. The molecule has 1 spiro atoms. The van der Waals surface area contributed by atoms with Crippen molar-refractivity contribution in [3.8, 4) is 0 Å². The van der Waals surface area contributed by atoms with Crippen molar-refractivity contribution in [1.82, 2.24) is 9.97 Å². The highest BCUT2D eigenvalue weighted by Gasteiger charge is 2.59. The van der Waals surface area contributed by atoms with Crippen molar-refractivity contribution in [2.24, 2.45) is 0 Å². The molecule has 7 nitrogen and oxygen atoms in total. The molecular weight excluding hydrogens is 489 g/mol. The Balaban J connectivity index is 1.43. The van der Waals surface area contributed by atoms with E-state index in [1.165, 1.54) is 23.2 Å². The van der Waals surface area contributed by atoms with Gasteiger partial charge in [-0.05, 0) is 93.2 Å². The molecular formula is C28H24FN5O2S. The molecule has 0 bridgehead atoms. The number of aromatic nitrogens is 2. The van der Waals surface area contributed by atoms with Crippen molar-refractivity contribution in [3.63, 3.8) is 0 Å². The first-order valence-electron chi connectivity index (χ1n) is 12.1. The third-order valence-electron chi connectivity index (χ3n) is 7.06. The van der Waals surface area contributed by atoms with Gasteiger partial charge in [0.2, 0.25) is 0 Å². The third kappa shape index (κ3) is 4.27. The van der Waals surface area contributed by atoms with Crippen molar-refractivity contribution in [2.45, 2.75) is 51.0 Å². The van der Waals surface area contributed by atoms with Crippen LogP contribution in [-0.2, 0) is 11.2 Å². The van der Waals surface area contributed by atoms with Gasteiger partial charge in [0.05, 0.1) is 11.3 Å². The molecule has 186 valence electrons. The molecule has 1 aliphatic heterocycles. The summed E-state index contributed by atoms with van der Waals surface area (Å²) in [5, 5.41) is 0.252. The van der Waals surface area contributed by atoms with Crippen LogP contribution in [0.1, 0.15) is 53.7 Å². The minimum Gasteiger partial charge on any atom is -0.360 e. The van der Waals surface area contributed by atoms with E-state index < -0.39 is 11.4 Å². The summed E-state index contributed by atoms with van der Waals surface area (Å²) in [7, 11) is 0. The number of carbonyl (C=O) groups excluding carboxylic acids is 2. The summed E-state index contributed by atoms with van der Waals surface area (Å²) in [5.74, 6) is -0.813. The number of hydrogen-bond donors (Lipinski definition) is 0. The van der Waals surface area contributed by atoms with Crippen molar-refractivity contribution < 1.29 is 14.0 Å². The van der Waals surface area contributed by atoms with E-state index in [1.807, 2.05) is 18.2 Å². The molecule has 1 aromatic carbocycles. The predicted molar refractivity (Wildman–Crippen MR) is 142 cm³/mol. The first kappa shape index (κ1) is 24.7. The molecule has 2 fully saturated rings. The molecule has 0 unspecified atom stereocenters. The molecule has 2 aromatic heterocycles. The molecule has 5 rings (SSSR count). The van der Waals surface area contributed by atoms with Gasteiger partial charge in [0, 0.05) is 24.0 Å². The van der Waals surface area contributed by atoms with Gasteiger partial charge in [-0.3, -0.25) is 19.5 Å². The van der Waals surface area contributed by atoms with Gasteiger partial charge < -0.3 is 9.74 Å². The van der Waals surface area contributed by atoms with Crippen molar-refractivity contribution in [1.29, 1.82) is 0 Å². The molecule has 37 heavy (non-hydrogen) atoms. The first-order valence-corrected chi connectivity index (χ1v) is 12.5. The molecule has 1 amide bonds. The Kier molecular flexibility index (Phi) is 6.52. The van der Waals surface area contributed by atoms with Crippen LogP contribution in [0.5, 0.6) is 0 Å². The smallest absolute Gasteiger partial charge is 0.272 e. The lowest BCUT2D eigenvalue weighted by Crippen LogP contribution is -2.55. The zero-order chi connectivity index (χ0) is 26.2. The fourth-order valence-corrected chi connectivity index (χ4v) is 5.45. The van der Waals surface area contributed by atoms with Gasteiger partial charge in [-0.2, -0.15) is 0 Å². The van der Waals surface area contributed by atoms with E-state index in [-0.39, 0.29) is 34.6 Å². The average Bonchev–Trinajstić information content (AvgIpc) is 3.11. The number of amides is 1. The molecule has 3 aromatic rings. The molecule has 1 saturated heterocycles. The topological polar surface area (TPSA) is 70.8 Å². The SMILES string of the molecule is [C-]#[N+]c1ncc(N2C(=O)C3(CCC3)N(c3ccc(F)c(C(=O)CCCc4ccccn4)c3)C2=S)cc1C. The monoisotopic (exact) mass is 513 g/mol. The van der Waals surface area contributed by atoms with Gasteiger partial charge in [0.25, 0.3) is 11.7 Å². The zero-order valence-electron chi connectivity index (χ0n) is 20.3. The lowest BCUT2D eigenvalue weighted by Gasteiger charge is -2.43. The second-order valence-electron chi connectivity index (χ2n) is 9.35. The normalized spacial score (nSPS) is 16.1. The molecule has 0 atom stereocenters. The molecule has 1 saturated carbocycles. The molecule has 2 aliphatic rings. The predicted octanol–water partition coefficient (Wildman–Crippen LogP) is 5.74. The number of hydrogen-bond acceptors (Lipinski definition) is 5. The van der Waals surface area contributed by atoms with Crippen LogP contribution in [0.4, 0.5) is 21.6 Å². The van der Waals surface area contributed by atoms with Gasteiger partial charge in [-0.1, -0.05) is 12.6 Å². The minimum absolute atomic E-state index is 0.0133. The lowest BCUT2D eigenvalue weighted by atomic mass is 9.75. The number of carbonyl (C=O) groups is 2. The summed E-state index contributed by atoms with van der Waals surface area (Å²) in [6.07, 6.45) is 6.57. The Labute approximate surface area is 219 Å². The van der Waals surface area contributed by atoms with Gasteiger partial charge in [-0.15, -0.1) is 4.98 Å². The van der Waals surface area contributed by atoms with E-state index in [1.54, 1.807) is 30.2 Å². The van der Waals surface area contributed by atoms with Crippen LogP contribution >= 0.6 is 12.2 Å². The van der Waals surface area contributed by atoms with Crippen LogP contribution in [-0.4, -0.2) is 32.3 Å². The van der Waals surface area contributed by atoms with Crippen LogP contribution < -0.4 is 9.80 Å². The quantitative estimate of drug-likeness (QED) is 0.228. The minimum atomic E-state index is -0.874. The van der Waals surface area contributed by atoms with E-state index in [9.17, 15) is 14.0 Å². The largest absolute Gasteiger partial charge is 0.360 e. The van der Waals surface area contributed by atoms with E-state index in [0.29, 0.717) is 42.6 Å². The van der Waals surface area contributed by atoms with Crippen LogP contribution in [0.25, 0.3) is 4.85 Å². The van der Waals surface area contributed by atoms with Gasteiger partial charge in [-0.25, -0.2) is 4.39 Å². The Hall–Kier alpha value is -4.03. The summed E-state index contributed by atoms with van der Waals surface area (Å²) in [6.45, 7) is 8.99. The van der Waals surface area contributed by atoms with E-state index in [2.05, 4.69) is 14.8 Å². The number of pyridine rings is 2. The van der Waals surface area contributed by atoms with Crippen LogP contribution in [0.3, 0.4) is 0 Å². The van der Waals surface area contributed by atoms with Gasteiger partial charge in [0.1, 0.15) is 17.6 Å². The fraction of sp³-hybridized carbons (Fsp3) is 0.286. The summed E-state index contributed by atoms with van der Waals surface area (Å²) < 4.78 is 14.8. The number of nitrogens with zero attached hydrogens (tertiary/aromatic N) is 5. The first-order chi connectivity index (χ1) is 17.9. The van der Waals surface area contributed by atoms with Crippen LogP contribution in [0.15, 0.2) is 54.9 Å². The lowest BCUT2D eigenvalue weighted by molar-refractivity contribution is -0.123. The number of rotatable bonds is 7. The van der Waals surface area contributed by atoms with E-state index >= 15 is 0 Å². The van der Waals surface area contributed by atoms with Crippen LogP contribution in [0, 0.1) is 19.3 Å². The molecule has 9 heteroatoms. The average molecular weight is 514 g/mol. The highest BCUT2D eigenvalue weighted by Crippen LogP contribution is 2.48. The number of anilines is 2. The molecule has 0 radical (unpaired) electrons. The third-order valence-corrected chi connectivity index (χ3v) is 7.43. The maximum absolute atomic E-state index is 14.8. The van der Waals surface area contributed by atoms with E-state index in [0.717, 1.165) is 12.1 Å². The number of thiocarbonyl (C=S) groups is 1. The summed E-state index contributed by atoms with van der Waals surface area (Å²) >= 11 is 5.78. The van der Waals surface area contributed by atoms with Crippen molar-refractivity contribution in [3.05, 3.63) is 88.9 Å². The second-order valence-corrected chi connectivity index (χ2v) is 9.72. The van der Waals surface area contributed by atoms with Crippen molar-refractivity contribution >= 4 is 46.2 Å². The number of Topliss-reactive ketones (excluding diaryl/α,β-unsaturated/α-hetero) is 1. The molecule has 0 N–H and O–H groups in total. The summed E-state index contributed by atoms with van der Waals surface area (Å²) in [5.41, 5.74) is 1.64. The summed E-state index contributed by atoms with van der Waals surface area (Å²) in [4.78, 5) is 41.7. The highest BCUT2D eigenvalue weighted by molar-refractivity contribution is 7.81. The maximum Gasteiger partial charge on any atom is 0.272 e. The fourth-order valence-electron chi connectivity index (χ4n) is 4.98. The molecule has 3 heterocycles. The van der Waals surface area contributed by atoms with Crippen molar-refractivity contribution in [2.75, 3.05) is 9.80 Å². The van der Waals surface area contributed by atoms with E-state index in [4.69, 9.17) is 18.8 Å². The van der Waals surface area contributed by atoms with Crippen LogP contribution in [0.2, 0.25) is 0 Å². The summed E-state index contributed by atoms with van der Waals surface area (Å²) in [6, 6.07) is 11.7. The zero-order valence-corrected chi connectivity index (χ0v) is 21.1. The Bertz CT molecular complexity index is 1450. The maximum atomic E-state index is 14.8. The molecule has 1 aliphatic carbocycles.